The number of nitrogens with zero attached hydrogens (tertiary/aromatic N) is 4. The van der Waals surface area contributed by atoms with Gasteiger partial charge in [-0.05, 0) is 93.2 Å². The number of ether oxygens (including phenoxy) is 1. The largest absolute Gasteiger partial charge is 0.494 e. The molecule has 2 heterocycles. The van der Waals surface area contributed by atoms with Gasteiger partial charge in [-0.3, -0.25) is 62.9 Å². The van der Waals surface area contributed by atoms with E-state index in [1.165, 1.54) is 17.3 Å². The van der Waals surface area contributed by atoms with Crippen LogP contribution in [-0.2, 0) is 60.8 Å². The van der Waals surface area contributed by atoms with E-state index in [1.807, 2.05) is 6.92 Å². The Labute approximate surface area is 465 Å². The summed E-state index contributed by atoms with van der Waals surface area (Å²) in [6.45, 7) is 9.07. The Bertz CT molecular complexity index is 2490. The number of aromatic nitrogens is 1. The summed E-state index contributed by atoms with van der Waals surface area (Å²) in [5.74, 6) is -8.16. The number of carbonyl (C=O) groups excluding carboxylic acids is 10. The molecule has 8 atom stereocenters. The summed E-state index contributed by atoms with van der Waals surface area (Å²) in [6, 6.07) is -0.0196. The average Bonchev–Trinajstić information content (AvgIpc) is 3.93. The predicted molar refractivity (Wildman–Crippen MR) is 296 cm³/mol. The fourth-order valence-corrected chi connectivity index (χ4v) is 8.54. The molecule has 0 spiro atoms. The van der Waals surface area contributed by atoms with Crippen molar-refractivity contribution in [3.05, 3.63) is 59.9 Å². The van der Waals surface area contributed by atoms with Crippen molar-refractivity contribution in [1.82, 2.24) is 47.1 Å². The topological polar surface area (TPSA) is 461 Å². The summed E-state index contributed by atoms with van der Waals surface area (Å²) in [6.07, 6.45) is 3.44. The molecule has 0 unspecified atom stereocenters. The van der Waals surface area contributed by atoms with Crippen LogP contribution in [0.15, 0.2) is 58.8 Å². The molecule has 0 saturated carbocycles. The Morgan fingerprint density at radius 2 is 1.14 bits per heavy atom. The second-order valence-electron chi connectivity index (χ2n) is 19.4. The highest BCUT2D eigenvalue weighted by Crippen LogP contribution is 2.21. The standard InChI is InChI=1S/C52H81N17O11/c1-6-33(50(79)69-25-11-14-39(69)48(77)65-35(13-10-22-61-52(57)58)44(73)64-34(43(54)72)12-9-21-60-51(55)56)63-46(75)38(28-40(53)70)67-49(78)42(29(4)5)68-47(76)37(27-31-19-23-59-24-20-31)66-45(74)36(62-41(71)7-2)26-30-15-17-32(18-16-30)80-8-3/h15-20,23-24,29,33-39,42H,6-14,21-22,25-28H2,1-5H3,(H2,53,70)(H2,54,72)(H,62,71)(H,63,75)(H,64,73)(H,65,77)(H,66,74)(H,67,78)(H,68,76)(H4,55,56,60)(H4,57,58,61)/t33-,34-,35-,36+,37-,38-,39-,42-/m0/s1. The van der Waals surface area contributed by atoms with Gasteiger partial charge in [-0.15, -0.1) is 0 Å². The van der Waals surface area contributed by atoms with Crippen LogP contribution in [0.25, 0.3) is 0 Å². The van der Waals surface area contributed by atoms with E-state index in [1.54, 1.807) is 64.1 Å². The van der Waals surface area contributed by atoms with E-state index >= 15 is 0 Å². The highest BCUT2D eigenvalue weighted by atomic mass is 16.5. The zero-order valence-electron chi connectivity index (χ0n) is 46.2. The Morgan fingerprint density at radius 3 is 1.68 bits per heavy atom. The van der Waals surface area contributed by atoms with Gasteiger partial charge >= 0.3 is 0 Å². The van der Waals surface area contributed by atoms with E-state index in [2.05, 4.69) is 52.2 Å². The molecule has 0 aliphatic carbocycles. The minimum absolute atomic E-state index is 0.00570. The van der Waals surface area contributed by atoms with Crippen LogP contribution in [-0.4, -0.2) is 155 Å². The maximum Gasteiger partial charge on any atom is 0.245 e. The molecule has 1 aliphatic heterocycles. The van der Waals surface area contributed by atoms with Crippen LogP contribution < -0.4 is 76.4 Å². The third-order valence-corrected chi connectivity index (χ3v) is 12.8. The number of likely N-dealkylation sites (tertiary alicyclic amines) is 1. The molecular weight excluding hydrogens is 1040 g/mol. The number of amides is 10. The molecule has 440 valence electrons. The second-order valence-corrected chi connectivity index (χ2v) is 19.4. The van der Waals surface area contributed by atoms with Gasteiger partial charge in [-0.2, -0.15) is 0 Å². The van der Waals surface area contributed by atoms with Crippen molar-refractivity contribution in [2.24, 2.45) is 50.3 Å². The number of guanidine groups is 2. The number of pyridine rings is 1. The molecule has 1 aliphatic rings. The lowest BCUT2D eigenvalue weighted by atomic mass is 9.99. The van der Waals surface area contributed by atoms with Crippen LogP contribution in [0.2, 0.25) is 0 Å². The first-order valence-corrected chi connectivity index (χ1v) is 26.7. The van der Waals surface area contributed by atoms with E-state index in [0.717, 1.165) is 0 Å². The molecule has 1 aromatic heterocycles. The molecule has 2 aromatic rings. The van der Waals surface area contributed by atoms with Gasteiger partial charge in [-0.25, -0.2) is 0 Å². The number of hydrogen-bond acceptors (Lipinski definition) is 14. The van der Waals surface area contributed by atoms with Gasteiger partial charge in [0, 0.05) is 51.3 Å². The van der Waals surface area contributed by atoms with Crippen molar-refractivity contribution < 1.29 is 52.7 Å². The Morgan fingerprint density at radius 1 is 0.625 bits per heavy atom. The molecular formula is C52H81N17O11. The van der Waals surface area contributed by atoms with Crippen LogP contribution in [0, 0.1) is 5.92 Å². The molecule has 3 rings (SSSR count). The number of benzene rings is 1. The third-order valence-electron chi connectivity index (χ3n) is 12.8. The lowest BCUT2D eigenvalue weighted by Gasteiger charge is -2.31. The normalized spacial score (nSPS) is 15.4. The van der Waals surface area contributed by atoms with Gasteiger partial charge in [0.15, 0.2) is 11.9 Å². The number of nitrogens with two attached hydrogens (primary N) is 6. The summed E-state index contributed by atoms with van der Waals surface area (Å²) in [7, 11) is 0. The number of rotatable bonds is 34. The molecule has 1 aromatic carbocycles. The number of aliphatic imine (C=N–C) groups is 2. The molecule has 80 heavy (non-hydrogen) atoms. The summed E-state index contributed by atoms with van der Waals surface area (Å²) >= 11 is 0. The molecule has 0 radical (unpaired) electrons. The average molecular weight is 1120 g/mol. The summed E-state index contributed by atoms with van der Waals surface area (Å²) in [5.41, 5.74) is 34.1. The molecule has 1 saturated heterocycles. The van der Waals surface area contributed by atoms with Gasteiger partial charge in [-0.1, -0.05) is 39.8 Å². The van der Waals surface area contributed by atoms with E-state index in [0.29, 0.717) is 29.9 Å². The van der Waals surface area contributed by atoms with E-state index < -0.39 is 120 Å². The molecule has 28 heteroatoms. The third kappa shape index (κ3) is 22.4. The quantitative estimate of drug-likeness (QED) is 0.0185. The van der Waals surface area contributed by atoms with Crippen molar-refractivity contribution in [2.45, 2.75) is 154 Å². The van der Waals surface area contributed by atoms with E-state index in [9.17, 15) is 47.9 Å². The number of nitrogens with one attached hydrogen (secondary N) is 7. The van der Waals surface area contributed by atoms with Crippen LogP contribution in [0.1, 0.15) is 104 Å². The monoisotopic (exact) mass is 1120 g/mol. The second kappa shape index (κ2) is 33.6. The fraction of sp³-hybridized carbons (Fsp3) is 0.558. The first-order valence-electron chi connectivity index (χ1n) is 26.7. The van der Waals surface area contributed by atoms with Crippen LogP contribution in [0.3, 0.4) is 0 Å². The zero-order valence-corrected chi connectivity index (χ0v) is 46.2. The van der Waals surface area contributed by atoms with Crippen molar-refractivity contribution >= 4 is 71.0 Å². The number of carbonyl (C=O) groups is 10. The Balaban J connectivity index is 1.82. The molecule has 19 N–H and O–H groups in total. The van der Waals surface area contributed by atoms with Gasteiger partial charge in [0.05, 0.1) is 13.0 Å². The van der Waals surface area contributed by atoms with Crippen molar-refractivity contribution in [3.8, 4) is 5.75 Å². The Hall–Kier alpha value is -8.59. The van der Waals surface area contributed by atoms with Crippen LogP contribution in [0.5, 0.6) is 5.75 Å². The van der Waals surface area contributed by atoms with Gasteiger partial charge < -0.3 is 81.3 Å². The highest BCUT2D eigenvalue weighted by Gasteiger charge is 2.40. The Kier molecular flexibility index (Phi) is 27.6. The van der Waals surface area contributed by atoms with Gasteiger partial charge in [0.25, 0.3) is 0 Å². The molecule has 1 fully saturated rings. The summed E-state index contributed by atoms with van der Waals surface area (Å²) in [4.78, 5) is 149. The minimum Gasteiger partial charge on any atom is -0.494 e. The van der Waals surface area contributed by atoms with Crippen molar-refractivity contribution in [3.63, 3.8) is 0 Å². The van der Waals surface area contributed by atoms with Crippen LogP contribution in [0.4, 0.5) is 0 Å². The molecule has 0 bridgehead atoms. The SMILES string of the molecule is CCOc1ccc(C[C@@H](NC(=O)CC)C(=O)N[C@@H](Cc2ccncc2)C(=O)N[C@H](C(=O)N[C@@H](CC(N)=O)C(=O)N[C@@H](CC)C(=O)N2CCC[C@H]2C(=O)N[C@@H](CCCN=C(N)N)C(=O)N[C@@H](CCCN=C(N)N)C(N)=O)C(C)C)cc1. The maximum atomic E-state index is 14.3. The lowest BCUT2D eigenvalue weighted by molar-refractivity contribution is -0.143. The van der Waals surface area contributed by atoms with Gasteiger partial charge in [0.1, 0.15) is 54.1 Å². The maximum absolute atomic E-state index is 14.3. The smallest absolute Gasteiger partial charge is 0.245 e. The first kappa shape index (κ1) is 65.7. The highest BCUT2D eigenvalue weighted by molar-refractivity contribution is 5.99. The van der Waals surface area contributed by atoms with E-state index in [-0.39, 0.29) is 89.3 Å². The zero-order chi connectivity index (χ0) is 59.5. The summed E-state index contributed by atoms with van der Waals surface area (Å²) < 4.78 is 5.53. The first-order chi connectivity index (χ1) is 38.0. The number of primary amides is 2. The number of hydrogen-bond donors (Lipinski definition) is 13. The molecule has 28 nitrogen and oxygen atoms in total. The minimum atomic E-state index is -1.66. The van der Waals surface area contributed by atoms with E-state index in [4.69, 9.17) is 39.1 Å². The summed E-state index contributed by atoms with van der Waals surface area (Å²) in [5, 5.41) is 18.5. The lowest BCUT2D eigenvalue weighted by Crippen LogP contribution is -2.61. The van der Waals surface area contributed by atoms with Crippen LogP contribution >= 0.6 is 0 Å². The fourth-order valence-electron chi connectivity index (χ4n) is 8.54. The predicted octanol–water partition coefficient (Wildman–Crippen LogP) is -3.41. The van der Waals surface area contributed by atoms with Crippen molar-refractivity contribution in [1.29, 1.82) is 0 Å². The molecule has 10 amide bonds. The van der Waals surface area contributed by atoms with Gasteiger partial charge in [0.2, 0.25) is 59.1 Å². The van der Waals surface area contributed by atoms with Crippen molar-refractivity contribution in [2.75, 3.05) is 26.2 Å².